The topological polar surface area (TPSA) is 46.4 Å². The number of imidazole rings is 1. The Kier molecular flexibility index (Phi) is 4.09. The van der Waals surface area contributed by atoms with Gasteiger partial charge < -0.3 is 5.32 Å². The third-order valence-corrected chi connectivity index (χ3v) is 5.11. The van der Waals surface area contributed by atoms with Gasteiger partial charge in [-0.05, 0) is 44.0 Å². The van der Waals surface area contributed by atoms with Crippen molar-refractivity contribution in [2.45, 2.75) is 20.8 Å². The highest BCUT2D eigenvalue weighted by atomic mass is 32.1. The number of nitrogens with one attached hydrogen (secondary N) is 1. The van der Waals surface area contributed by atoms with Crippen LogP contribution in [0.25, 0.3) is 16.2 Å². The summed E-state index contributed by atoms with van der Waals surface area (Å²) < 4.78 is 1.86. The number of aromatic nitrogens is 2. The van der Waals surface area contributed by atoms with Crippen LogP contribution in [0.1, 0.15) is 27.2 Å². The van der Waals surface area contributed by atoms with Gasteiger partial charge in [-0.2, -0.15) is 0 Å². The standard InChI is InChI=1S/C21H19N3OS/c1-13-4-6-16(7-5-13)18-11-24-19(12-26-21(24)23-18)20(25)22-17-9-14(2)8-15(3)10-17/h4-12H,1-3H3,(H,22,25). The molecule has 0 spiro atoms. The fourth-order valence-electron chi connectivity index (χ4n) is 3.05. The normalized spacial score (nSPS) is 11.0. The Labute approximate surface area is 156 Å². The summed E-state index contributed by atoms with van der Waals surface area (Å²) in [6.45, 7) is 6.11. The first-order valence-electron chi connectivity index (χ1n) is 8.43. The molecule has 0 aliphatic carbocycles. The van der Waals surface area contributed by atoms with Crippen LogP contribution >= 0.6 is 11.3 Å². The molecule has 0 unspecified atom stereocenters. The van der Waals surface area contributed by atoms with Crippen molar-refractivity contribution in [1.29, 1.82) is 0 Å². The molecule has 0 radical (unpaired) electrons. The lowest BCUT2D eigenvalue weighted by atomic mass is 10.1. The summed E-state index contributed by atoms with van der Waals surface area (Å²) in [4.78, 5) is 18.2. The van der Waals surface area contributed by atoms with E-state index in [-0.39, 0.29) is 5.91 Å². The van der Waals surface area contributed by atoms with E-state index in [9.17, 15) is 4.79 Å². The van der Waals surface area contributed by atoms with Crippen LogP contribution in [0, 0.1) is 20.8 Å². The summed E-state index contributed by atoms with van der Waals surface area (Å²) in [5, 5.41) is 4.84. The molecule has 4 nitrogen and oxygen atoms in total. The van der Waals surface area contributed by atoms with Crippen LogP contribution in [0.2, 0.25) is 0 Å². The molecule has 0 bridgehead atoms. The van der Waals surface area contributed by atoms with Gasteiger partial charge in [0.25, 0.3) is 5.91 Å². The monoisotopic (exact) mass is 361 g/mol. The molecule has 2 aromatic heterocycles. The Bertz CT molecular complexity index is 1090. The molecule has 0 atom stereocenters. The summed E-state index contributed by atoms with van der Waals surface area (Å²) in [6, 6.07) is 14.3. The number of rotatable bonds is 3. The highest BCUT2D eigenvalue weighted by Crippen LogP contribution is 2.25. The average Bonchev–Trinajstić information content (AvgIpc) is 3.14. The van der Waals surface area contributed by atoms with E-state index < -0.39 is 0 Å². The minimum atomic E-state index is -0.130. The van der Waals surface area contributed by atoms with E-state index in [0.717, 1.165) is 33.0 Å². The number of benzene rings is 2. The molecule has 0 saturated carbocycles. The summed E-state index contributed by atoms with van der Waals surface area (Å²) >= 11 is 1.47. The van der Waals surface area contributed by atoms with E-state index in [1.807, 2.05) is 42.0 Å². The van der Waals surface area contributed by atoms with Crippen LogP contribution < -0.4 is 5.32 Å². The number of carbonyl (C=O) groups is 1. The number of amides is 1. The largest absolute Gasteiger partial charge is 0.321 e. The number of aryl methyl sites for hydroxylation is 3. The molecule has 2 heterocycles. The highest BCUT2D eigenvalue weighted by Gasteiger charge is 2.15. The fraction of sp³-hybridized carbons (Fsp3) is 0.143. The van der Waals surface area contributed by atoms with Gasteiger partial charge in [0, 0.05) is 22.8 Å². The third kappa shape index (κ3) is 3.13. The number of fused-ring (bicyclic) bond motifs is 1. The van der Waals surface area contributed by atoms with E-state index in [4.69, 9.17) is 0 Å². The van der Waals surface area contributed by atoms with Crippen LogP contribution in [0.3, 0.4) is 0 Å². The van der Waals surface area contributed by atoms with E-state index >= 15 is 0 Å². The SMILES string of the molecule is Cc1ccc(-c2cn3c(C(=O)Nc4cc(C)cc(C)c4)csc3n2)cc1. The van der Waals surface area contributed by atoms with Gasteiger partial charge in [-0.25, -0.2) is 4.98 Å². The number of anilines is 1. The molecule has 0 saturated heterocycles. The summed E-state index contributed by atoms with van der Waals surface area (Å²) in [5.41, 5.74) is 6.79. The van der Waals surface area contributed by atoms with Gasteiger partial charge in [0.1, 0.15) is 5.69 Å². The van der Waals surface area contributed by atoms with Gasteiger partial charge in [-0.1, -0.05) is 35.9 Å². The number of hydrogen-bond donors (Lipinski definition) is 1. The van der Waals surface area contributed by atoms with Gasteiger partial charge in [-0.3, -0.25) is 9.20 Å². The number of thiazole rings is 1. The lowest BCUT2D eigenvalue weighted by Crippen LogP contribution is -2.14. The van der Waals surface area contributed by atoms with E-state index in [1.165, 1.54) is 16.9 Å². The molecular weight excluding hydrogens is 342 g/mol. The quantitative estimate of drug-likeness (QED) is 0.542. The Hall–Kier alpha value is -2.92. The van der Waals surface area contributed by atoms with Gasteiger partial charge in [-0.15, -0.1) is 11.3 Å². The molecule has 0 fully saturated rings. The fourth-order valence-corrected chi connectivity index (χ4v) is 3.91. The predicted octanol–water partition coefficient (Wildman–Crippen LogP) is 5.24. The first-order chi connectivity index (χ1) is 12.5. The minimum Gasteiger partial charge on any atom is -0.321 e. The second-order valence-corrected chi connectivity index (χ2v) is 7.43. The molecule has 1 amide bonds. The molecule has 130 valence electrons. The predicted molar refractivity (Wildman–Crippen MR) is 107 cm³/mol. The van der Waals surface area contributed by atoms with Crippen LogP contribution in [0.5, 0.6) is 0 Å². The first-order valence-corrected chi connectivity index (χ1v) is 9.31. The Balaban J connectivity index is 1.66. The highest BCUT2D eigenvalue weighted by molar-refractivity contribution is 7.15. The van der Waals surface area contributed by atoms with Gasteiger partial charge in [0.2, 0.25) is 0 Å². The molecule has 4 aromatic rings. The van der Waals surface area contributed by atoms with Crippen molar-refractivity contribution in [2.75, 3.05) is 5.32 Å². The Morgan fingerprint density at radius 3 is 2.38 bits per heavy atom. The summed E-state index contributed by atoms with van der Waals surface area (Å²) in [6.07, 6.45) is 1.92. The molecule has 1 N–H and O–H groups in total. The Morgan fingerprint density at radius 2 is 1.69 bits per heavy atom. The lowest BCUT2D eigenvalue weighted by Gasteiger charge is -2.07. The zero-order chi connectivity index (χ0) is 18.3. The summed E-state index contributed by atoms with van der Waals surface area (Å²) in [5.74, 6) is -0.130. The number of nitrogens with zero attached hydrogens (tertiary/aromatic N) is 2. The molecule has 2 aromatic carbocycles. The molecule has 5 heteroatoms. The maximum Gasteiger partial charge on any atom is 0.273 e. The van der Waals surface area contributed by atoms with Crippen molar-refractivity contribution in [3.05, 3.63) is 76.4 Å². The van der Waals surface area contributed by atoms with Crippen LogP contribution in [0.4, 0.5) is 5.69 Å². The summed E-state index contributed by atoms with van der Waals surface area (Å²) in [7, 11) is 0. The van der Waals surface area contributed by atoms with E-state index in [2.05, 4.69) is 47.6 Å². The van der Waals surface area contributed by atoms with Crippen molar-refractivity contribution in [3.63, 3.8) is 0 Å². The molecular formula is C21H19N3OS. The van der Waals surface area contributed by atoms with Crippen molar-refractivity contribution in [1.82, 2.24) is 9.38 Å². The molecule has 0 aliphatic heterocycles. The smallest absolute Gasteiger partial charge is 0.273 e. The average molecular weight is 361 g/mol. The van der Waals surface area contributed by atoms with Crippen LogP contribution in [-0.4, -0.2) is 15.3 Å². The maximum atomic E-state index is 12.7. The van der Waals surface area contributed by atoms with E-state index in [0.29, 0.717) is 5.69 Å². The van der Waals surface area contributed by atoms with Crippen LogP contribution in [-0.2, 0) is 0 Å². The van der Waals surface area contributed by atoms with Crippen molar-refractivity contribution < 1.29 is 4.79 Å². The Morgan fingerprint density at radius 1 is 1.00 bits per heavy atom. The zero-order valence-electron chi connectivity index (χ0n) is 14.9. The van der Waals surface area contributed by atoms with Crippen molar-refractivity contribution >= 4 is 27.9 Å². The van der Waals surface area contributed by atoms with Gasteiger partial charge in [0.05, 0.1) is 5.69 Å². The number of hydrogen-bond acceptors (Lipinski definition) is 3. The third-order valence-electron chi connectivity index (χ3n) is 4.27. The zero-order valence-corrected chi connectivity index (χ0v) is 15.7. The second-order valence-electron chi connectivity index (χ2n) is 6.60. The van der Waals surface area contributed by atoms with Crippen LogP contribution in [0.15, 0.2) is 54.0 Å². The van der Waals surface area contributed by atoms with Crippen molar-refractivity contribution in [2.24, 2.45) is 0 Å². The van der Waals surface area contributed by atoms with Gasteiger partial charge in [0.15, 0.2) is 4.96 Å². The van der Waals surface area contributed by atoms with E-state index in [1.54, 1.807) is 0 Å². The minimum absolute atomic E-state index is 0.130. The second kappa shape index (κ2) is 6.42. The first kappa shape index (κ1) is 16.5. The lowest BCUT2D eigenvalue weighted by molar-refractivity contribution is 0.102. The van der Waals surface area contributed by atoms with Crippen molar-refractivity contribution in [3.8, 4) is 11.3 Å². The maximum absolute atomic E-state index is 12.7. The molecule has 0 aliphatic rings. The number of carbonyl (C=O) groups excluding carboxylic acids is 1. The molecule has 26 heavy (non-hydrogen) atoms. The molecule has 4 rings (SSSR count). The van der Waals surface area contributed by atoms with Gasteiger partial charge >= 0.3 is 0 Å².